The first-order valence-corrected chi connectivity index (χ1v) is 17.5. The van der Waals surface area contributed by atoms with E-state index in [1.807, 2.05) is 13.8 Å². The lowest BCUT2D eigenvalue weighted by atomic mass is 10.0. The third-order valence-corrected chi connectivity index (χ3v) is 7.56. The number of rotatable bonds is 31. The van der Waals surface area contributed by atoms with Crippen molar-refractivity contribution in [2.45, 2.75) is 200 Å². The summed E-state index contributed by atoms with van der Waals surface area (Å²) in [4.78, 5) is 24.6. The highest BCUT2D eigenvalue weighted by Gasteiger charge is 2.18. The van der Waals surface area contributed by atoms with E-state index in [2.05, 4.69) is 13.8 Å². The maximum absolute atomic E-state index is 12.4. The van der Waals surface area contributed by atoms with E-state index < -0.39 is 6.10 Å². The Balaban J connectivity index is 3.87. The predicted molar refractivity (Wildman–Crippen MR) is 169 cm³/mol. The number of hydrogen-bond acceptors (Lipinski definition) is 5. The first-order valence-electron chi connectivity index (χ1n) is 17.5. The van der Waals surface area contributed by atoms with Gasteiger partial charge in [0.25, 0.3) is 0 Å². The molecule has 0 aromatic carbocycles. The van der Waals surface area contributed by atoms with Gasteiger partial charge in [-0.25, -0.2) is 0 Å². The largest absolute Gasteiger partial charge is 0.462 e. The molecule has 0 aliphatic heterocycles. The first-order chi connectivity index (χ1) is 19.5. The maximum Gasteiger partial charge on any atom is 0.306 e. The molecular formula is C35H68O5. The molecule has 0 aliphatic rings. The highest BCUT2D eigenvalue weighted by Crippen LogP contribution is 2.14. The van der Waals surface area contributed by atoms with Crippen molar-refractivity contribution in [2.24, 2.45) is 0 Å². The number of unbranched alkanes of at least 4 members (excludes halogenated alkanes) is 21. The normalized spacial score (nSPS) is 12.1. The Kier molecular flexibility index (Phi) is 30.0. The van der Waals surface area contributed by atoms with Crippen LogP contribution in [0.1, 0.15) is 188 Å². The standard InChI is InChI=1S/C35H68O5/c1-5-7-9-11-13-15-17-19-21-23-25-27-29-35(37)40-33(30-38-32(3)4)31-39-34(36)28-26-24-22-20-18-16-14-12-10-8-6-2/h32-33H,5-31H2,1-4H3. The van der Waals surface area contributed by atoms with Gasteiger partial charge in [-0.05, 0) is 26.7 Å². The molecule has 0 saturated heterocycles. The molecule has 5 heteroatoms. The Hall–Kier alpha value is -1.10. The quantitative estimate of drug-likeness (QED) is 0.0615. The predicted octanol–water partition coefficient (Wildman–Crippen LogP) is 10.7. The minimum atomic E-state index is -0.534. The molecule has 0 N–H and O–H groups in total. The zero-order valence-electron chi connectivity index (χ0n) is 27.3. The molecule has 0 aromatic rings. The third-order valence-electron chi connectivity index (χ3n) is 7.56. The molecule has 0 aliphatic carbocycles. The van der Waals surface area contributed by atoms with Crippen LogP contribution < -0.4 is 0 Å². The summed E-state index contributed by atoms with van der Waals surface area (Å²) in [5.41, 5.74) is 0. The van der Waals surface area contributed by atoms with Crippen LogP contribution in [0.3, 0.4) is 0 Å². The first kappa shape index (κ1) is 38.9. The molecule has 1 unspecified atom stereocenters. The summed E-state index contributed by atoms with van der Waals surface area (Å²) in [6, 6.07) is 0. The molecule has 1 atom stereocenters. The second-order valence-electron chi connectivity index (χ2n) is 12.1. The summed E-state index contributed by atoms with van der Waals surface area (Å²) in [6.07, 6.45) is 29.3. The van der Waals surface area contributed by atoms with Gasteiger partial charge in [0.15, 0.2) is 6.10 Å². The maximum atomic E-state index is 12.4. The summed E-state index contributed by atoms with van der Waals surface area (Å²) in [7, 11) is 0. The Bertz CT molecular complexity index is 548. The molecule has 0 spiro atoms. The van der Waals surface area contributed by atoms with E-state index in [1.54, 1.807) is 0 Å². The van der Waals surface area contributed by atoms with E-state index in [0.29, 0.717) is 12.8 Å². The van der Waals surface area contributed by atoms with Gasteiger partial charge in [-0.15, -0.1) is 0 Å². The number of esters is 2. The van der Waals surface area contributed by atoms with E-state index in [0.717, 1.165) is 25.7 Å². The van der Waals surface area contributed by atoms with Gasteiger partial charge in [-0.2, -0.15) is 0 Å². The molecule has 0 aromatic heterocycles. The molecule has 5 nitrogen and oxygen atoms in total. The second-order valence-corrected chi connectivity index (χ2v) is 12.1. The molecular weight excluding hydrogens is 500 g/mol. The molecule has 0 heterocycles. The van der Waals surface area contributed by atoms with Crippen molar-refractivity contribution >= 4 is 11.9 Å². The van der Waals surface area contributed by atoms with Gasteiger partial charge >= 0.3 is 11.9 Å². The number of ether oxygens (including phenoxy) is 3. The highest BCUT2D eigenvalue weighted by atomic mass is 16.6. The van der Waals surface area contributed by atoms with Gasteiger partial charge < -0.3 is 14.2 Å². The van der Waals surface area contributed by atoms with Crippen molar-refractivity contribution < 1.29 is 23.8 Å². The van der Waals surface area contributed by atoms with Crippen molar-refractivity contribution in [2.75, 3.05) is 13.2 Å². The number of hydrogen-bond donors (Lipinski definition) is 0. The fraction of sp³-hybridized carbons (Fsp3) is 0.943. The SMILES string of the molecule is CCCCCCCCCCCCCCC(=O)OC(COC(=O)CCCCCCCCCCCCC)COC(C)C. The van der Waals surface area contributed by atoms with Crippen LogP contribution in [0.25, 0.3) is 0 Å². The van der Waals surface area contributed by atoms with E-state index in [9.17, 15) is 9.59 Å². The Morgan fingerprint density at radius 2 is 0.825 bits per heavy atom. The lowest BCUT2D eigenvalue weighted by Crippen LogP contribution is -2.30. The van der Waals surface area contributed by atoms with Gasteiger partial charge in [0.2, 0.25) is 0 Å². The molecule has 0 amide bonds. The summed E-state index contributed by atoms with van der Waals surface area (Å²) >= 11 is 0. The van der Waals surface area contributed by atoms with E-state index in [-0.39, 0.29) is 31.3 Å². The fourth-order valence-corrected chi connectivity index (χ4v) is 4.96. The van der Waals surface area contributed by atoms with Crippen molar-refractivity contribution in [1.29, 1.82) is 0 Å². The minimum absolute atomic E-state index is 0.0320. The van der Waals surface area contributed by atoms with Crippen LogP contribution in [0.2, 0.25) is 0 Å². The van der Waals surface area contributed by atoms with Crippen LogP contribution in [0.4, 0.5) is 0 Å². The summed E-state index contributed by atoms with van der Waals surface area (Å²) in [6.45, 7) is 8.75. The monoisotopic (exact) mass is 569 g/mol. The van der Waals surface area contributed by atoms with E-state index in [4.69, 9.17) is 14.2 Å². The van der Waals surface area contributed by atoms with Crippen LogP contribution in [0.5, 0.6) is 0 Å². The van der Waals surface area contributed by atoms with Crippen molar-refractivity contribution in [3.05, 3.63) is 0 Å². The molecule has 0 saturated carbocycles. The van der Waals surface area contributed by atoms with Crippen LogP contribution >= 0.6 is 0 Å². The van der Waals surface area contributed by atoms with E-state index >= 15 is 0 Å². The average Bonchev–Trinajstić information content (AvgIpc) is 2.93. The lowest BCUT2D eigenvalue weighted by molar-refractivity contribution is -0.163. The average molecular weight is 569 g/mol. The minimum Gasteiger partial charge on any atom is -0.462 e. The van der Waals surface area contributed by atoms with Gasteiger partial charge in [0.1, 0.15) is 6.61 Å². The smallest absolute Gasteiger partial charge is 0.306 e. The Morgan fingerprint density at radius 3 is 1.20 bits per heavy atom. The van der Waals surface area contributed by atoms with Crippen molar-refractivity contribution in [3.8, 4) is 0 Å². The Labute approximate surface area is 249 Å². The van der Waals surface area contributed by atoms with Crippen molar-refractivity contribution in [1.82, 2.24) is 0 Å². The number of carbonyl (C=O) groups excluding carboxylic acids is 2. The van der Waals surface area contributed by atoms with Gasteiger partial charge in [0, 0.05) is 12.8 Å². The third kappa shape index (κ3) is 29.9. The Morgan fingerprint density at radius 1 is 0.475 bits per heavy atom. The number of carbonyl (C=O) groups is 2. The topological polar surface area (TPSA) is 61.8 Å². The fourth-order valence-electron chi connectivity index (χ4n) is 4.96. The highest BCUT2D eigenvalue weighted by molar-refractivity contribution is 5.70. The summed E-state index contributed by atoms with van der Waals surface area (Å²) in [5.74, 6) is -0.423. The van der Waals surface area contributed by atoms with Crippen LogP contribution in [-0.2, 0) is 23.8 Å². The van der Waals surface area contributed by atoms with Gasteiger partial charge in [0.05, 0.1) is 12.7 Å². The molecule has 40 heavy (non-hydrogen) atoms. The van der Waals surface area contributed by atoms with Crippen molar-refractivity contribution in [3.63, 3.8) is 0 Å². The van der Waals surface area contributed by atoms with Crippen LogP contribution in [0, 0.1) is 0 Å². The van der Waals surface area contributed by atoms with Gasteiger partial charge in [-0.3, -0.25) is 9.59 Å². The molecule has 0 fully saturated rings. The molecule has 0 radical (unpaired) electrons. The zero-order valence-corrected chi connectivity index (χ0v) is 27.3. The summed E-state index contributed by atoms with van der Waals surface area (Å²) < 4.78 is 16.7. The molecule has 0 bridgehead atoms. The molecule has 238 valence electrons. The van der Waals surface area contributed by atoms with Gasteiger partial charge in [-0.1, -0.05) is 149 Å². The summed E-state index contributed by atoms with van der Waals surface area (Å²) in [5, 5.41) is 0. The van der Waals surface area contributed by atoms with Crippen LogP contribution in [0.15, 0.2) is 0 Å². The second kappa shape index (κ2) is 30.8. The zero-order chi connectivity index (χ0) is 29.5. The lowest BCUT2D eigenvalue weighted by Gasteiger charge is -2.19. The van der Waals surface area contributed by atoms with Crippen LogP contribution in [-0.4, -0.2) is 37.4 Å². The molecule has 0 rings (SSSR count). The van der Waals surface area contributed by atoms with E-state index in [1.165, 1.54) is 122 Å².